The van der Waals surface area contributed by atoms with Gasteiger partial charge < -0.3 is 14.4 Å². The fraction of sp³-hybridized carbons (Fsp3) is 0.286. The Bertz CT molecular complexity index is 942. The number of aryl methyl sites for hydroxylation is 1. The Balaban J connectivity index is 1.97. The van der Waals surface area contributed by atoms with Crippen LogP contribution in [0, 0.1) is 13.8 Å². The summed E-state index contributed by atoms with van der Waals surface area (Å²) < 4.78 is 12.1. The largest absolute Gasteiger partial charge is 0.493 e. The normalized spacial score (nSPS) is 10.9. The van der Waals surface area contributed by atoms with Gasteiger partial charge in [-0.05, 0) is 38.0 Å². The first kappa shape index (κ1) is 20.3. The second kappa shape index (κ2) is 9.14. The molecule has 0 aliphatic heterocycles. The molecule has 2 aromatic carbocycles. The van der Waals surface area contributed by atoms with Crippen molar-refractivity contribution in [2.24, 2.45) is 0 Å². The van der Waals surface area contributed by atoms with Gasteiger partial charge in [-0.15, -0.1) is 0 Å². The van der Waals surface area contributed by atoms with E-state index < -0.39 is 0 Å². The van der Waals surface area contributed by atoms with Crippen LogP contribution in [0.4, 0.5) is 5.82 Å². The van der Waals surface area contributed by atoms with Crippen LogP contribution < -0.4 is 9.21 Å². The summed E-state index contributed by atoms with van der Waals surface area (Å²) in [5.41, 5.74) is 3.39. The predicted molar refractivity (Wildman–Crippen MR) is 110 cm³/mol. The highest BCUT2D eigenvalue weighted by atomic mass is 32.2. The molecule has 0 amide bonds. The van der Waals surface area contributed by atoms with Crippen molar-refractivity contribution in [2.45, 2.75) is 38.7 Å². The quantitative estimate of drug-likeness (QED) is 0.400. The van der Waals surface area contributed by atoms with Gasteiger partial charge in [-0.1, -0.05) is 42.4 Å². The van der Waals surface area contributed by atoms with Crippen LogP contribution in [-0.2, 0) is 6.61 Å². The molecule has 28 heavy (non-hydrogen) atoms. The molecule has 0 unspecified atom stereocenters. The fourth-order valence-corrected chi connectivity index (χ4v) is 3.57. The molecule has 3 rings (SSSR count). The minimum Gasteiger partial charge on any atom is -0.493 e. The topological polar surface area (TPSA) is 79.0 Å². The van der Waals surface area contributed by atoms with E-state index in [1.54, 1.807) is 6.92 Å². The number of hydrogen-bond donors (Lipinski definition) is 2. The van der Waals surface area contributed by atoms with E-state index in [1.165, 1.54) is 0 Å². The maximum absolute atomic E-state index is 10.5. The number of rotatable bonds is 8. The predicted octanol–water partition coefficient (Wildman–Crippen LogP) is 5.14. The molecule has 7 heteroatoms. The molecule has 148 valence electrons. The Labute approximate surface area is 168 Å². The molecular formula is C21H24N2O4S. The Morgan fingerprint density at radius 3 is 2.61 bits per heavy atom. The van der Waals surface area contributed by atoms with Crippen molar-refractivity contribution in [1.29, 1.82) is 0 Å². The Morgan fingerprint density at radius 1 is 1.14 bits per heavy atom. The molecular weight excluding hydrogens is 376 g/mol. The molecule has 0 saturated heterocycles. The molecule has 0 aliphatic rings. The van der Waals surface area contributed by atoms with Crippen molar-refractivity contribution in [1.82, 2.24) is 5.16 Å². The van der Waals surface area contributed by atoms with Gasteiger partial charge in [0.05, 0.1) is 13.2 Å². The molecule has 1 aromatic heterocycles. The third kappa shape index (κ3) is 4.32. The van der Waals surface area contributed by atoms with E-state index in [2.05, 4.69) is 5.16 Å². The highest BCUT2D eigenvalue weighted by Gasteiger charge is 2.19. The van der Waals surface area contributed by atoms with Crippen LogP contribution in [-0.4, -0.2) is 22.1 Å². The molecule has 0 atom stereocenters. The zero-order valence-electron chi connectivity index (χ0n) is 16.2. The lowest BCUT2D eigenvalue weighted by atomic mass is 10.0. The first-order valence-corrected chi connectivity index (χ1v) is 9.88. The number of ether oxygens (including phenoxy) is 1. The van der Waals surface area contributed by atoms with Gasteiger partial charge in [0, 0.05) is 33.5 Å². The van der Waals surface area contributed by atoms with Crippen molar-refractivity contribution in [3.8, 4) is 16.9 Å². The molecule has 2 N–H and O–H groups in total. The minimum absolute atomic E-state index is 0.0473. The lowest BCUT2D eigenvalue weighted by Gasteiger charge is -2.18. The number of anilines is 1. The molecule has 0 fully saturated rings. The van der Waals surface area contributed by atoms with E-state index in [0.717, 1.165) is 50.0 Å². The molecule has 6 nitrogen and oxygen atoms in total. The minimum atomic E-state index is -0.0473. The lowest BCUT2D eigenvalue weighted by molar-refractivity contribution is 0.279. The summed E-state index contributed by atoms with van der Waals surface area (Å²) >= 11 is 1.15. The maximum Gasteiger partial charge on any atom is 0.210 e. The number of aliphatic hydroxyl groups is 1. The van der Waals surface area contributed by atoms with Crippen LogP contribution >= 0.6 is 11.9 Å². The third-order valence-corrected chi connectivity index (χ3v) is 5.26. The molecule has 0 bridgehead atoms. The van der Waals surface area contributed by atoms with Crippen molar-refractivity contribution in [3.05, 3.63) is 59.4 Å². The Hall–Kier alpha value is -2.48. The first-order chi connectivity index (χ1) is 13.5. The summed E-state index contributed by atoms with van der Waals surface area (Å²) in [5.74, 6) is 1.74. The molecule has 0 spiro atoms. The highest BCUT2D eigenvalue weighted by molar-refractivity contribution is 8.00. The van der Waals surface area contributed by atoms with Gasteiger partial charge in [-0.25, -0.2) is 0 Å². The molecule has 0 radical (unpaired) electrons. The second-order valence-corrected chi connectivity index (χ2v) is 7.35. The number of nitrogens with zero attached hydrogens (tertiary/aromatic N) is 2. The van der Waals surface area contributed by atoms with Crippen LogP contribution in [0.2, 0.25) is 0 Å². The standard InChI is InChI=1S/C21H24N2O4S/c1-4-11-26-19-12-16(13-24)9-10-17(19)18-7-5-6-8-20(18)28-23(25)21-14(2)15(3)27-22-21/h5-10,12,24-25H,4,11,13H2,1-3H3. The van der Waals surface area contributed by atoms with Gasteiger partial charge in [0.1, 0.15) is 11.5 Å². The van der Waals surface area contributed by atoms with Crippen molar-refractivity contribution in [2.75, 3.05) is 11.1 Å². The zero-order valence-corrected chi connectivity index (χ0v) is 17.0. The van der Waals surface area contributed by atoms with E-state index in [9.17, 15) is 10.3 Å². The summed E-state index contributed by atoms with van der Waals surface area (Å²) in [4.78, 5) is 0.836. The number of hydrogen-bond acceptors (Lipinski definition) is 7. The SMILES string of the molecule is CCCOc1cc(CO)ccc1-c1ccccc1SN(O)c1noc(C)c1C. The zero-order chi connectivity index (χ0) is 20.1. The van der Waals surface area contributed by atoms with Crippen LogP contribution in [0.25, 0.3) is 11.1 Å². The summed E-state index contributed by atoms with van der Waals surface area (Å²) in [6.07, 6.45) is 0.883. The van der Waals surface area contributed by atoms with Gasteiger partial charge >= 0.3 is 0 Å². The smallest absolute Gasteiger partial charge is 0.210 e. The van der Waals surface area contributed by atoms with Gasteiger partial charge in [0.2, 0.25) is 5.82 Å². The third-order valence-electron chi connectivity index (χ3n) is 4.37. The van der Waals surface area contributed by atoms with Crippen LogP contribution in [0.15, 0.2) is 51.9 Å². The van der Waals surface area contributed by atoms with Crippen LogP contribution in [0.3, 0.4) is 0 Å². The van der Waals surface area contributed by atoms with Crippen LogP contribution in [0.1, 0.15) is 30.2 Å². The van der Waals surface area contributed by atoms with Crippen molar-refractivity contribution >= 4 is 17.8 Å². The van der Waals surface area contributed by atoms with E-state index in [-0.39, 0.29) is 6.61 Å². The van der Waals surface area contributed by atoms with E-state index in [4.69, 9.17) is 9.26 Å². The summed E-state index contributed by atoms with van der Waals surface area (Å²) in [5, 5.41) is 23.9. The Morgan fingerprint density at radius 2 is 1.93 bits per heavy atom. The monoisotopic (exact) mass is 400 g/mol. The van der Waals surface area contributed by atoms with Gasteiger partial charge in [-0.2, -0.15) is 4.47 Å². The van der Waals surface area contributed by atoms with E-state index >= 15 is 0 Å². The van der Waals surface area contributed by atoms with E-state index in [0.29, 0.717) is 23.9 Å². The van der Waals surface area contributed by atoms with Gasteiger partial charge in [-0.3, -0.25) is 5.21 Å². The summed E-state index contributed by atoms with van der Waals surface area (Å²) in [6.45, 7) is 6.24. The lowest BCUT2D eigenvalue weighted by Crippen LogP contribution is -2.09. The first-order valence-electron chi connectivity index (χ1n) is 9.11. The van der Waals surface area contributed by atoms with Crippen LogP contribution in [0.5, 0.6) is 5.75 Å². The molecule has 1 heterocycles. The number of aliphatic hydroxyl groups excluding tert-OH is 1. The highest BCUT2D eigenvalue weighted by Crippen LogP contribution is 2.39. The average Bonchev–Trinajstić information content (AvgIpc) is 3.05. The van der Waals surface area contributed by atoms with Crippen molar-refractivity contribution in [3.63, 3.8) is 0 Å². The number of benzene rings is 2. The fourth-order valence-electron chi connectivity index (χ4n) is 2.71. The molecule has 3 aromatic rings. The number of aromatic nitrogens is 1. The van der Waals surface area contributed by atoms with E-state index in [1.807, 2.05) is 56.3 Å². The van der Waals surface area contributed by atoms with Gasteiger partial charge in [0.15, 0.2) is 0 Å². The van der Waals surface area contributed by atoms with Gasteiger partial charge in [0.25, 0.3) is 0 Å². The maximum atomic E-state index is 10.5. The molecule has 0 saturated carbocycles. The van der Waals surface area contributed by atoms with Crippen molar-refractivity contribution < 1.29 is 19.6 Å². The average molecular weight is 401 g/mol. The summed E-state index contributed by atoms with van der Waals surface area (Å²) in [7, 11) is 0. The second-order valence-electron chi connectivity index (χ2n) is 6.38. The Kier molecular flexibility index (Phi) is 6.61. The summed E-state index contributed by atoms with van der Waals surface area (Å²) in [6, 6.07) is 13.4. The molecule has 0 aliphatic carbocycles.